The zero-order valence-corrected chi connectivity index (χ0v) is 8.31. The normalized spacial score (nSPS) is 42.9. The maximum absolute atomic E-state index is 10.9. The van der Waals surface area contributed by atoms with E-state index < -0.39 is 5.97 Å². The van der Waals surface area contributed by atoms with Crippen LogP contribution in [0.25, 0.3) is 0 Å². The van der Waals surface area contributed by atoms with Crippen molar-refractivity contribution in [2.45, 2.75) is 44.5 Å². The van der Waals surface area contributed by atoms with Gasteiger partial charge >= 0.3 is 5.97 Å². The summed E-state index contributed by atoms with van der Waals surface area (Å²) in [6.45, 7) is 2.57. The molecule has 1 N–H and O–H groups in total. The van der Waals surface area contributed by atoms with Crippen LogP contribution in [0.2, 0.25) is 0 Å². The van der Waals surface area contributed by atoms with Crippen LogP contribution in [0.5, 0.6) is 0 Å². The molecule has 2 fully saturated rings. The Morgan fingerprint density at radius 3 is 2.71 bits per heavy atom. The van der Waals surface area contributed by atoms with E-state index in [1.807, 2.05) is 6.92 Å². The molecule has 2 aliphatic heterocycles. The molecule has 0 aromatic carbocycles. The van der Waals surface area contributed by atoms with Gasteiger partial charge in [0.2, 0.25) is 0 Å². The van der Waals surface area contributed by atoms with Crippen molar-refractivity contribution in [2.75, 3.05) is 6.61 Å². The largest absolute Gasteiger partial charge is 0.481 e. The second-order valence-electron chi connectivity index (χ2n) is 4.13. The van der Waals surface area contributed by atoms with Gasteiger partial charge in [-0.05, 0) is 26.2 Å². The lowest BCUT2D eigenvalue weighted by Crippen LogP contribution is -2.35. The Balaban J connectivity index is 1.99. The Kier molecular flexibility index (Phi) is 2.74. The molecule has 0 aromatic rings. The number of carboxylic acid groups (broad SMARTS) is 1. The van der Waals surface area contributed by atoms with Crippen LogP contribution in [-0.2, 0) is 14.3 Å². The van der Waals surface area contributed by atoms with Crippen molar-refractivity contribution in [3.05, 3.63) is 0 Å². The van der Waals surface area contributed by atoms with Gasteiger partial charge in [-0.25, -0.2) is 0 Å². The van der Waals surface area contributed by atoms with Gasteiger partial charge in [-0.15, -0.1) is 0 Å². The van der Waals surface area contributed by atoms with E-state index in [9.17, 15) is 4.79 Å². The Morgan fingerprint density at radius 2 is 2.14 bits per heavy atom. The lowest BCUT2D eigenvalue weighted by molar-refractivity contribution is -0.147. The number of rotatable bonds is 2. The SMILES string of the molecule is CC1CCC(C2OCCC2C(=O)O)O1. The van der Waals surface area contributed by atoms with Gasteiger partial charge < -0.3 is 14.6 Å². The molecule has 0 bridgehead atoms. The monoisotopic (exact) mass is 200 g/mol. The third-order valence-corrected chi connectivity index (χ3v) is 3.08. The first-order valence-corrected chi connectivity index (χ1v) is 5.18. The van der Waals surface area contributed by atoms with Gasteiger partial charge in [0.15, 0.2) is 0 Å². The molecule has 0 radical (unpaired) electrons. The standard InChI is InChI=1S/C10H16O4/c1-6-2-3-8(14-6)9-7(10(11)12)4-5-13-9/h6-9H,2-5H2,1H3,(H,11,12). The number of carbonyl (C=O) groups is 1. The first-order valence-electron chi connectivity index (χ1n) is 5.18. The fraction of sp³-hybridized carbons (Fsp3) is 0.900. The molecule has 4 atom stereocenters. The number of aliphatic carboxylic acids is 1. The zero-order valence-electron chi connectivity index (χ0n) is 8.31. The van der Waals surface area contributed by atoms with Gasteiger partial charge in [-0.3, -0.25) is 4.79 Å². The van der Waals surface area contributed by atoms with E-state index >= 15 is 0 Å². The topological polar surface area (TPSA) is 55.8 Å². The molecule has 80 valence electrons. The third kappa shape index (κ3) is 1.77. The van der Waals surface area contributed by atoms with Crippen LogP contribution < -0.4 is 0 Å². The summed E-state index contributed by atoms with van der Waals surface area (Å²) in [5.74, 6) is -1.12. The van der Waals surface area contributed by atoms with E-state index in [1.165, 1.54) is 0 Å². The number of carboxylic acids is 1. The minimum absolute atomic E-state index is 0.00593. The van der Waals surface area contributed by atoms with Gasteiger partial charge in [0, 0.05) is 6.61 Å². The van der Waals surface area contributed by atoms with Gasteiger partial charge in [-0.1, -0.05) is 0 Å². The molecule has 2 heterocycles. The average Bonchev–Trinajstić information content (AvgIpc) is 2.70. The second kappa shape index (κ2) is 3.87. The minimum atomic E-state index is -0.754. The summed E-state index contributed by atoms with van der Waals surface area (Å²) in [6.07, 6.45) is 2.57. The fourth-order valence-electron chi connectivity index (χ4n) is 2.32. The second-order valence-corrected chi connectivity index (χ2v) is 4.13. The highest BCUT2D eigenvalue weighted by Crippen LogP contribution is 2.32. The molecule has 4 nitrogen and oxygen atoms in total. The molecule has 0 amide bonds. The predicted octanol–water partition coefficient (Wildman–Crippen LogP) is 1.04. The number of ether oxygens (including phenoxy) is 2. The van der Waals surface area contributed by atoms with Gasteiger partial charge in [0.1, 0.15) is 0 Å². The number of hydrogen-bond donors (Lipinski definition) is 1. The molecular formula is C10H16O4. The summed E-state index contributed by atoms with van der Waals surface area (Å²) in [4.78, 5) is 10.9. The van der Waals surface area contributed by atoms with Crippen molar-refractivity contribution in [3.8, 4) is 0 Å². The molecule has 4 heteroatoms. The molecule has 2 saturated heterocycles. The Bertz CT molecular complexity index is 228. The van der Waals surface area contributed by atoms with Crippen molar-refractivity contribution >= 4 is 5.97 Å². The summed E-state index contributed by atoms with van der Waals surface area (Å²) in [5, 5.41) is 8.97. The minimum Gasteiger partial charge on any atom is -0.481 e. The fourth-order valence-corrected chi connectivity index (χ4v) is 2.32. The van der Waals surface area contributed by atoms with Crippen molar-refractivity contribution in [1.29, 1.82) is 0 Å². The molecule has 0 spiro atoms. The summed E-state index contributed by atoms with van der Waals surface area (Å²) < 4.78 is 11.1. The molecule has 14 heavy (non-hydrogen) atoms. The summed E-state index contributed by atoms with van der Waals surface area (Å²) in [5.41, 5.74) is 0. The molecule has 0 aliphatic carbocycles. The number of hydrogen-bond acceptors (Lipinski definition) is 3. The molecular weight excluding hydrogens is 184 g/mol. The van der Waals surface area contributed by atoms with Crippen LogP contribution in [0.1, 0.15) is 26.2 Å². The lowest BCUT2D eigenvalue weighted by Gasteiger charge is -2.21. The van der Waals surface area contributed by atoms with Gasteiger partial charge in [-0.2, -0.15) is 0 Å². The van der Waals surface area contributed by atoms with E-state index in [0.29, 0.717) is 13.0 Å². The lowest BCUT2D eigenvalue weighted by atomic mass is 9.96. The highest BCUT2D eigenvalue weighted by Gasteiger charge is 2.42. The first kappa shape index (κ1) is 9.93. The Hall–Kier alpha value is -0.610. The van der Waals surface area contributed by atoms with E-state index in [1.54, 1.807) is 0 Å². The van der Waals surface area contributed by atoms with Crippen molar-refractivity contribution in [3.63, 3.8) is 0 Å². The van der Waals surface area contributed by atoms with Crippen LogP contribution in [0, 0.1) is 5.92 Å². The molecule has 0 saturated carbocycles. The molecule has 4 unspecified atom stereocenters. The zero-order chi connectivity index (χ0) is 10.1. The van der Waals surface area contributed by atoms with Crippen LogP contribution in [0.15, 0.2) is 0 Å². The van der Waals surface area contributed by atoms with Crippen molar-refractivity contribution in [2.24, 2.45) is 5.92 Å². The van der Waals surface area contributed by atoms with Crippen LogP contribution in [-0.4, -0.2) is 36.0 Å². The average molecular weight is 200 g/mol. The third-order valence-electron chi connectivity index (χ3n) is 3.08. The van der Waals surface area contributed by atoms with Crippen LogP contribution >= 0.6 is 0 Å². The summed E-state index contributed by atoms with van der Waals surface area (Å²) in [7, 11) is 0. The molecule has 2 rings (SSSR count). The smallest absolute Gasteiger partial charge is 0.309 e. The van der Waals surface area contributed by atoms with E-state index in [-0.39, 0.29) is 24.2 Å². The summed E-state index contributed by atoms with van der Waals surface area (Å²) in [6, 6.07) is 0. The van der Waals surface area contributed by atoms with E-state index in [4.69, 9.17) is 14.6 Å². The Labute approximate surface area is 83.2 Å². The van der Waals surface area contributed by atoms with E-state index in [2.05, 4.69) is 0 Å². The quantitative estimate of drug-likeness (QED) is 0.723. The predicted molar refractivity (Wildman–Crippen MR) is 49.1 cm³/mol. The van der Waals surface area contributed by atoms with Crippen molar-refractivity contribution in [1.82, 2.24) is 0 Å². The molecule has 0 aromatic heterocycles. The van der Waals surface area contributed by atoms with E-state index in [0.717, 1.165) is 12.8 Å². The van der Waals surface area contributed by atoms with Crippen LogP contribution in [0.3, 0.4) is 0 Å². The molecule has 2 aliphatic rings. The van der Waals surface area contributed by atoms with Crippen molar-refractivity contribution < 1.29 is 19.4 Å². The van der Waals surface area contributed by atoms with Gasteiger partial charge in [0.05, 0.1) is 24.2 Å². The van der Waals surface area contributed by atoms with Crippen LogP contribution in [0.4, 0.5) is 0 Å². The Morgan fingerprint density at radius 1 is 1.36 bits per heavy atom. The first-order chi connectivity index (χ1) is 6.68. The maximum Gasteiger partial charge on any atom is 0.309 e. The maximum atomic E-state index is 10.9. The van der Waals surface area contributed by atoms with Gasteiger partial charge in [0.25, 0.3) is 0 Å². The highest BCUT2D eigenvalue weighted by molar-refractivity contribution is 5.71. The summed E-state index contributed by atoms with van der Waals surface area (Å²) >= 11 is 0. The highest BCUT2D eigenvalue weighted by atomic mass is 16.6.